The van der Waals surface area contributed by atoms with E-state index >= 15 is 0 Å². The first-order valence-corrected chi connectivity index (χ1v) is 9.17. The number of aromatic nitrogens is 3. The van der Waals surface area contributed by atoms with Crippen LogP contribution in [0.2, 0.25) is 0 Å². The lowest BCUT2D eigenvalue weighted by Gasteiger charge is -2.11. The zero-order valence-electron chi connectivity index (χ0n) is 16.0. The molecule has 0 radical (unpaired) electrons. The van der Waals surface area contributed by atoms with Crippen molar-refractivity contribution >= 4 is 28.5 Å². The molecular formula is C21H17N4O5+. The fourth-order valence-electron chi connectivity index (χ4n) is 3.56. The van der Waals surface area contributed by atoms with Crippen LogP contribution in [-0.2, 0) is 11.3 Å². The van der Waals surface area contributed by atoms with E-state index in [1.54, 1.807) is 35.0 Å². The van der Waals surface area contributed by atoms with Crippen LogP contribution in [0.1, 0.15) is 15.9 Å². The van der Waals surface area contributed by atoms with Crippen molar-refractivity contribution in [3.63, 3.8) is 0 Å². The largest absolute Gasteiger partial charge is 0.465 e. The minimum Gasteiger partial charge on any atom is -0.465 e. The predicted molar refractivity (Wildman–Crippen MR) is 107 cm³/mol. The van der Waals surface area contributed by atoms with Crippen LogP contribution in [0.5, 0.6) is 11.5 Å². The molecule has 0 unspecified atom stereocenters. The molecule has 0 aliphatic carbocycles. The van der Waals surface area contributed by atoms with Gasteiger partial charge in [-0.05, 0) is 35.9 Å². The topological polar surface area (TPSA) is 109 Å². The number of rotatable bonds is 3. The summed E-state index contributed by atoms with van der Waals surface area (Å²) in [6, 6.07) is 12.2. The molecule has 0 fully saturated rings. The van der Waals surface area contributed by atoms with Gasteiger partial charge in [0.25, 0.3) is 11.2 Å². The molecule has 150 valence electrons. The number of pyridine rings is 2. The van der Waals surface area contributed by atoms with Crippen LogP contribution in [0.3, 0.4) is 0 Å². The fourth-order valence-corrected chi connectivity index (χ4v) is 3.56. The summed E-state index contributed by atoms with van der Waals surface area (Å²) >= 11 is 0. The maximum atomic E-state index is 13.1. The van der Waals surface area contributed by atoms with Gasteiger partial charge < -0.3 is 19.9 Å². The van der Waals surface area contributed by atoms with E-state index in [0.717, 1.165) is 5.56 Å². The Bertz CT molecular complexity index is 1400. The lowest BCUT2D eigenvalue weighted by Crippen LogP contribution is -2.42. The quantitative estimate of drug-likeness (QED) is 0.311. The highest BCUT2D eigenvalue weighted by atomic mass is 16.7. The van der Waals surface area contributed by atoms with Gasteiger partial charge in [0.2, 0.25) is 18.3 Å². The number of hydrogen-bond donors (Lipinski definition) is 1. The second kappa shape index (κ2) is 6.73. The monoisotopic (exact) mass is 405 g/mol. The van der Waals surface area contributed by atoms with E-state index in [1.807, 2.05) is 12.1 Å². The lowest BCUT2D eigenvalue weighted by atomic mass is 10.1. The maximum Gasteiger partial charge on any atom is 0.344 e. The molecule has 0 bridgehead atoms. The van der Waals surface area contributed by atoms with Gasteiger partial charge in [0.1, 0.15) is 10.9 Å². The molecule has 30 heavy (non-hydrogen) atoms. The van der Waals surface area contributed by atoms with Crippen molar-refractivity contribution in [3.8, 4) is 11.5 Å². The maximum absolute atomic E-state index is 13.1. The van der Waals surface area contributed by atoms with Crippen molar-refractivity contribution < 1.29 is 23.6 Å². The van der Waals surface area contributed by atoms with Crippen LogP contribution < -0.4 is 25.3 Å². The number of nitrogens with two attached hydrogens (primary N) is 1. The molecule has 1 aromatic carbocycles. The van der Waals surface area contributed by atoms with Crippen molar-refractivity contribution in [2.45, 2.75) is 6.54 Å². The number of benzene rings is 1. The number of carbonyl (C=O) groups excluding carboxylic acids is 1. The molecule has 0 atom stereocenters. The Hall–Kier alpha value is -4.14. The number of nitrogens with zero attached hydrogens (tertiary/aromatic N) is 3. The SMILES string of the molecule is COC(=O)c1cc2c(=O)n3ccccc3nc2[n+](Cc2ccc3c(c2)OCO3)c1N. The first-order valence-electron chi connectivity index (χ1n) is 9.17. The van der Waals surface area contributed by atoms with Gasteiger partial charge in [-0.3, -0.25) is 9.20 Å². The molecule has 9 heteroatoms. The molecule has 5 rings (SSSR count). The summed E-state index contributed by atoms with van der Waals surface area (Å²) in [6.45, 7) is 0.429. The molecule has 1 aliphatic rings. The molecule has 2 N–H and O–H groups in total. The van der Waals surface area contributed by atoms with Gasteiger partial charge in [0, 0.05) is 6.20 Å². The molecule has 3 aromatic heterocycles. The third-order valence-corrected chi connectivity index (χ3v) is 5.04. The van der Waals surface area contributed by atoms with Crippen LogP contribution in [0.15, 0.2) is 53.5 Å². The average molecular weight is 405 g/mol. The number of nitrogen functional groups attached to an aromatic ring is 1. The third kappa shape index (κ3) is 2.71. The minimum atomic E-state index is -0.633. The summed E-state index contributed by atoms with van der Waals surface area (Å²) in [5.41, 5.74) is 7.81. The molecule has 1 aliphatic heterocycles. The first-order chi connectivity index (χ1) is 14.6. The van der Waals surface area contributed by atoms with E-state index in [9.17, 15) is 9.59 Å². The Morgan fingerprint density at radius 2 is 2.07 bits per heavy atom. The predicted octanol–water partition coefficient (Wildman–Crippen LogP) is 1.28. The molecule has 0 amide bonds. The average Bonchev–Trinajstić information content (AvgIpc) is 3.23. The van der Waals surface area contributed by atoms with Gasteiger partial charge in [-0.2, -0.15) is 0 Å². The van der Waals surface area contributed by atoms with Crippen LogP contribution in [0, 0.1) is 0 Å². The second-order valence-electron chi connectivity index (χ2n) is 6.79. The van der Waals surface area contributed by atoms with Crippen LogP contribution >= 0.6 is 0 Å². The summed E-state index contributed by atoms with van der Waals surface area (Å²) in [5, 5.41) is 0.258. The van der Waals surface area contributed by atoms with E-state index in [-0.39, 0.29) is 35.7 Å². The number of hydrogen-bond acceptors (Lipinski definition) is 7. The molecule has 4 aromatic rings. The highest BCUT2D eigenvalue weighted by molar-refractivity contribution is 5.96. The fraction of sp³-hybridized carbons (Fsp3) is 0.143. The number of fused-ring (bicyclic) bond motifs is 3. The standard InChI is InChI=1S/C21H16N4O5/c1-28-21(27)13-9-14-19(23-17-4-2-3-7-24(17)20(14)26)25(18(13)22)10-12-5-6-15-16(8-12)30-11-29-15/h2-9,22H,10-11H2,1H3/p+1. The van der Waals surface area contributed by atoms with Crippen molar-refractivity contribution in [3.05, 3.63) is 70.1 Å². The Morgan fingerprint density at radius 3 is 2.90 bits per heavy atom. The third-order valence-electron chi connectivity index (χ3n) is 5.04. The van der Waals surface area contributed by atoms with Crippen molar-refractivity contribution in [1.82, 2.24) is 9.38 Å². The zero-order chi connectivity index (χ0) is 20.8. The van der Waals surface area contributed by atoms with Gasteiger partial charge in [0.15, 0.2) is 11.5 Å². The highest BCUT2D eigenvalue weighted by Gasteiger charge is 2.25. The molecule has 4 heterocycles. The normalized spacial score (nSPS) is 12.4. The summed E-state index contributed by atoms with van der Waals surface area (Å²) < 4.78 is 18.7. The lowest BCUT2D eigenvalue weighted by molar-refractivity contribution is -0.649. The molecule has 0 saturated carbocycles. The summed E-state index contributed by atoms with van der Waals surface area (Å²) in [7, 11) is 1.26. The van der Waals surface area contributed by atoms with Crippen molar-refractivity contribution in [2.75, 3.05) is 19.6 Å². The summed E-state index contributed by atoms with van der Waals surface area (Å²) in [5.74, 6) is 0.802. The summed E-state index contributed by atoms with van der Waals surface area (Å²) in [4.78, 5) is 30.1. The van der Waals surface area contributed by atoms with E-state index < -0.39 is 5.97 Å². The molecular weight excluding hydrogens is 388 g/mol. The number of esters is 1. The Kier molecular flexibility index (Phi) is 4.02. The Balaban J connectivity index is 1.78. The van der Waals surface area contributed by atoms with E-state index in [4.69, 9.17) is 19.9 Å². The van der Waals surface area contributed by atoms with Crippen LogP contribution in [0.25, 0.3) is 16.7 Å². The van der Waals surface area contributed by atoms with Gasteiger partial charge in [0.05, 0.1) is 13.7 Å². The molecule has 0 saturated heterocycles. The van der Waals surface area contributed by atoms with E-state index in [1.165, 1.54) is 17.6 Å². The zero-order valence-corrected chi connectivity index (χ0v) is 16.0. The van der Waals surface area contributed by atoms with Gasteiger partial charge in [-0.1, -0.05) is 17.1 Å². The minimum absolute atomic E-state index is 0.0977. The number of ether oxygens (including phenoxy) is 3. The van der Waals surface area contributed by atoms with E-state index in [0.29, 0.717) is 22.8 Å². The van der Waals surface area contributed by atoms with Gasteiger partial charge in [-0.25, -0.2) is 9.36 Å². The first kappa shape index (κ1) is 17.9. The molecule has 9 nitrogen and oxygen atoms in total. The van der Waals surface area contributed by atoms with E-state index in [2.05, 4.69) is 4.98 Å². The summed E-state index contributed by atoms with van der Waals surface area (Å²) in [6.07, 6.45) is 1.63. The Morgan fingerprint density at radius 1 is 1.23 bits per heavy atom. The number of anilines is 1. The Labute approximate surface area is 169 Å². The molecule has 0 spiro atoms. The number of carbonyl (C=O) groups is 1. The number of methoxy groups -OCH3 is 1. The van der Waals surface area contributed by atoms with Crippen molar-refractivity contribution in [1.29, 1.82) is 0 Å². The van der Waals surface area contributed by atoms with Crippen LogP contribution in [0.4, 0.5) is 5.82 Å². The van der Waals surface area contributed by atoms with Gasteiger partial charge in [-0.15, -0.1) is 0 Å². The highest BCUT2D eigenvalue weighted by Crippen LogP contribution is 2.32. The smallest absolute Gasteiger partial charge is 0.344 e. The van der Waals surface area contributed by atoms with Gasteiger partial charge >= 0.3 is 5.97 Å². The van der Waals surface area contributed by atoms with Crippen LogP contribution in [-0.4, -0.2) is 29.3 Å². The van der Waals surface area contributed by atoms with Crippen molar-refractivity contribution in [2.24, 2.45) is 0 Å². The second-order valence-corrected chi connectivity index (χ2v) is 6.79.